The third-order valence-electron chi connectivity index (χ3n) is 3.07. The molecule has 0 unspecified atom stereocenters. The van der Waals surface area contributed by atoms with E-state index in [2.05, 4.69) is 5.32 Å². The van der Waals surface area contributed by atoms with Crippen LogP contribution in [-0.2, 0) is 16.4 Å². The Bertz CT molecular complexity index is 776. The standard InChI is InChI=1S/C14H15N3O4S/c15-22(20,21)12-6-7-13(14(10-12)17(18)19)16-9-8-11-4-2-1-3-5-11/h1-7,10,16H,8-9H2,(H2,15,20,21). The maximum absolute atomic E-state index is 11.3. The molecule has 2 aromatic rings. The number of hydrogen-bond acceptors (Lipinski definition) is 5. The fourth-order valence-electron chi connectivity index (χ4n) is 1.98. The summed E-state index contributed by atoms with van der Waals surface area (Å²) in [7, 11) is -3.97. The molecule has 0 aliphatic rings. The molecular formula is C14H15N3O4S. The number of benzene rings is 2. The monoisotopic (exact) mass is 321 g/mol. The third kappa shape index (κ3) is 4.03. The number of nitro groups is 1. The van der Waals surface area contributed by atoms with Gasteiger partial charge in [0.05, 0.1) is 9.82 Å². The normalized spacial score (nSPS) is 11.1. The minimum Gasteiger partial charge on any atom is -0.379 e. The number of anilines is 1. The van der Waals surface area contributed by atoms with E-state index in [-0.39, 0.29) is 16.3 Å². The molecule has 0 radical (unpaired) electrons. The molecule has 0 fully saturated rings. The lowest BCUT2D eigenvalue weighted by Gasteiger charge is -2.08. The molecule has 0 saturated heterocycles. The summed E-state index contributed by atoms with van der Waals surface area (Å²) >= 11 is 0. The lowest BCUT2D eigenvalue weighted by molar-refractivity contribution is -0.384. The summed E-state index contributed by atoms with van der Waals surface area (Å²) in [6, 6.07) is 13.2. The van der Waals surface area contributed by atoms with E-state index in [1.807, 2.05) is 30.3 Å². The quantitative estimate of drug-likeness (QED) is 0.622. The first-order valence-electron chi connectivity index (χ1n) is 6.47. The first-order chi connectivity index (χ1) is 10.4. The van der Waals surface area contributed by atoms with Gasteiger partial charge in [0, 0.05) is 12.6 Å². The van der Waals surface area contributed by atoms with Crippen molar-refractivity contribution in [3.63, 3.8) is 0 Å². The van der Waals surface area contributed by atoms with Crippen LogP contribution in [0.15, 0.2) is 53.4 Å². The van der Waals surface area contributed by atoms with Crippen LogP contribution >= 0.6 is 0 Å². The van der Waals surface area contributed by atoms with Gasteiger partial charge in [0.15, 0.2) is 0 Å². The van der Waals surface area contributed by atoms with Gasteiger partial charge in [-0.05, 0) is 24.1 Å². The van der Waals surface area contributed by atoms with Crippen LogP contribution in [0, 0.1) is 10.1 Å². The van der Waals surface area contributed by atoms with E-state index in [1.165, 1.54) is 12.1 Å². The van der Waals surface area contributed by atoms with E-state index in [4.69, 9.17) is 5.14 Å². The summed E-state index contributed by atoms with van der Waals surface area (Å²) < 4.78 is 22.5. The highest BCUT2D eigenvalue weighted by atomic mass is 32.2. The maximum Gasteiger partial charge on any atom is 0.293 e. The molecule has 0 atom stereocenters. The molecule has 7 nitrogen and oxygen atoms in total. The zero-order chi connectivity index (χ0) is 16.2. The van der Waals surface area contributed by atoms with Gasteiger partial charge in [-0.2, -0.15) is 0 Å². The molecule has 116 valence electrons. The first-order valence-corrected chi connectivity index (χ1v) is 8.01. The molecule has 0 heterocycles. The predicted octanol–water partition coefficient (Wildman–Crippen LogP) is 1.90. The molecule has 0 aromatic heterocycles. The molecule has 3 N–H and O–H groups in total. The Morgan fingerprint density at radius 3 is 2.41 bits per heavy atom. The number of hydrogen-bond donors (Lipinski definition) is 2. The molecule has 2 rings (SSSR count). The van der Waals surface area contributed by atoms with Crippen LogP contribution in [0.2, 0.25) is 0 Å². The van der Waals surface area contributed by atoms with E-state index in [1.54, 1.807) is 0 Å². The average Bonchev–Trinajstić information content (AvgIpc) is 2.47. The zero-order valence-corrected chi connectivity index (χ0v) is 12.4. The van der Waals surface area contributed by atoms with Crippen LogP contribution in [-0.4, -0.2) is 19.9 Å². The smallest absolute Gasteiger partial charge is 0.293 e. The van der Waals surface area contributed by atoms with Crippen LogP contribution in [0.25, 0.3) is 0 Å². The highest BCUT2D eigenvalue weighted by Crippen LogP contribution is 2.27. The number of nitrogens with two attached hydrogens (primary N) is 1. The van der Waals surface area contributed by atoms with Crippen molar-refractivity contribution < 1.29 is 13.3 Å². The van der Waals surface area contributed by atoms with Crippen molar-refractivity contribution in [3.05, 3.63) is 64.2 Å². The summed E-state index contributed by atoms with van der Waals surface area (Å²) in [6.07, 6.45) is 0.689. The van der Waals surface area contributed by atoms with Gasteiger partial charge < -0.3 is 5.32 Å². The molecule has 0 saturated carbocycles. The lowest BCUT2D eigenvalue weighted by atomic mass is 10.1. The molecule has 8 heteroatoms. The van der Waals surface area contributed by atoms with E-state index in [0.29, 0.717) is 13.0 Å². The molecular weight excluding hydrogens is 306 g/mol. The minimum atomic E-state index is -3.97. The highest BCUT2D eigenvalue weighted by Gasteiger charge is 2.18. The number of nitrogens with one attached hydrogen (secondary N) is 1. The Morgan fingerprint density at radius 1 is 1.14 bits per heavy atom. The summed E-state index contributed by atoms with van der Waals surface area (Å²) in [6.45, 7) is 0.486. The van der Waals surface area contributed by atoms with Crippen LogP contribution < -0.4 is 10.5 Å². The fraction of sp³-hybridized carbons (Fsp3) is 0.143. The van der Waals surface area contributed by atoms with Crippen LogP contribution in [0.4, 0.5) is 11.4 Å². The van der Waals surface area contributed by atoms with Crippen molar-refractivity contribution in [2.24, 2.45) is 5.14 Å². The van der Waals surface area contributed by atoms with Crippen LogP contribution in [0.3, 0.4) is 0 Å². The van der Waals surface area contributed by atoms with Gasteiger partial charge in [-0.3, -0.25) is 10.1 Å². The van der Waals surface area contributed by atoms with E-state index >= 15 is 0 Å². The Labute approximate surface area is 128 Å². The Hall–Kier alpha value is -2.45. The molecule has 0 aliphatic carbocycles. The van der Waals surface area contributed by atoms with Crippen molar-refractivity contribution in [1.82, 2.24) is 0 Å². The second-order valence-electron chi connectivity index (χ2n) is 4.64. The Balaban J connectivity index is 2.15. The van der Waals surface area contributed by atoms with Crippen LogP contribution in [0.1, 0.15) is 5.56 Å². The van der Waals surface area contributed by atoms with Crippen molar-refractivity contribution in [3.8, 4) is 0 Å². The van der Waals surface area contributed by atoms with E-state index in [9.17, 15) is 18.5 Å². The number of primary sulfonamides is 1. The SMILES string of the molecule is NS(=O)(=O)c1ccc(NCCc2ccccc2)c([N+](=O)[O-])c1. The van der Waals surface area contributed by atoms with Crippen molar-refractivity contribution in [2.45, 2.75) is 11.3 Å². The first kappa shape index (κ1) is 15.9. The van der Waals surface area contributed by atoms with E-state index in [0.717, 1.165) is 11.6 Å². The van der Waals surface area contributed by atoms with Gasteiger partial charge in [-0.1, -0.05) is 30.3 Å². The second-order valence-corrected chi connectivity index (χ2v) is 6.20. The molecule has 22 heavy (non-hydrogen) atoms. The zero-order valence-electron chi connectivity index (χ0n) is 11.6. The lowest BCUT2D eigenvalue weighted by Crippen LogP contribution is -2.13. The number of sulfonamides is 1. The van der Waals surface area contributed by atoms with Gasteiger partial charge in [0.25, 0.3) is 5.69 Å². The largest absolute Gasteiger partial charge is 0.379 e. The predicted molar refractivity (Wildman–Crippen MR) is 83.1 cm³/mol. The Morgan fingerprint density at radius 2 is 1.82 bits per heavy atom. The van der Waals surface area contributed by atoms with Crippen molar-refractivity contribution in [2.75, 3.05) is 11.9 Å². The molecule has 0 spiro atoms. The minimum absolute atomic E-state index is 0.258. The van der Waals surface area contributed by atoms with E-state index < -0.39 is 14.9 Å². The maximum atomic E-state index is 11.3. The van der Waals surface area contributed by atoms with Gasteiger partial charge in [-0.25, -0.2) is 13.6 Å². The summed E-state index contributed by atoms with van der Waals surface area (Å²) in [5.74, 6) is 0. The van der Waals surface area contributed by atoms with Gasteiger partial charge in [0.2, 0.25) is 10.0 Å². The average molecular weight is 321 g/mol. The number of nitro benzene ring substituents is 1. The van der Waals surface area contributed by atoms with Gasteiger partial charge in [0.1, 0.15) is 5.69 Å². The number of rotatable bonds is 6. The van der Waals surface area contributed by atoms with Crippen molar-refractivity contribution in [1.29, 1.82) is 0 Å². The second kappa shape index (κ2) is 6.54. The van der Waals surface area contributed by atoms with Gasteiger partial charge >= 0.3 is 0 Å². The number of nitrogens with zero attached hydrogens (tertiary/aromatic N) is 1. The third-order valence-corrected chi connectivity index (χ3v) is 3.98. The summed E-state index contributed by atoms with van der Waals surface area (Å²) in [4.78, 5) is 10.1. The fourth-order valence-corrected chi connectivity index (χ4v) is 2.51. The summed E-state index contributed by atoms with van der Waals surface area (Å²) in [5, 5.41) is 19.0. The van der Waals surface area contributed by atoms with Crippen molar-refractivity contribution >= 4 is 21.4 Å². The summed E-state index contributed by atoms with van der Waals surface area (Å²) in [5.41, 5.74) is 1.03. The molecule has 2 aromatic carbocycles. The van der Waals surface area contributed by atoms with Crippen LogP contribution in [0.5, 0.6) is 0 Å². The topological polar surface area (TPSA) is 115 Å². The Kier molecular flexibility index (Phi) is 4.74. The molecule has 0 bridgehead atoms. The molecule has 0 amide bonds. The van der Waals surface area contributed by atoms with Gasteiger partial charge in [-0.15, -0.1) is 0 Å². The highest BCUT2D eigenvalue weighted by molar-refractivity contribution is 7.89. The molecule has 0 aliphatic heterocycles.